The number of hydrogen-bond donors (Lipinski definition) is 1. The molecule has 30 heavy (non-hydrogen) atoms. The average Bonchev–Trinajstić information content (AvgIpc) is 3.19. The van der Waals surface area contributed by atoms with Crippen molar-refractivity contribution in [3.8, 4) is 0 Å². The molecule has 2 fully saturated rings. The second-order valence-electron chi connectivity index (χ2n) is 8.96. The summed E-state index contributed by atoms with van der Waals surface area (Å²) in [5, 5.41) is 9.74. The fourth-order valence-electron chi connectivity index (χ4n) is 4.72. The van der Waals surface area contributed by atoms with Gasteiger partial charge < -0.3 is 0 Å². The van der Waals surface area contributed by atoms with Gasteiger partial charge >= 0.3 is 189 Å². The van der Waals surface area contributed by atoms with E-state index in [9.17, 15) is 19.3 Å². The molecule has 5 nitrogen and oxygen atoms in total. The zero-order valence-electron chi connectivity index (χ0n) is 18.0. The van der Waals surface area contributed by atoms with Crippen molar-refractivity contribution in [2.24, 2.45) is 11.8 Å². The van der Waals surface area contributed by atoms with Gasteiger partial charge in [0, 0.05) is 0 Å². The number of aryl methyl sites for hydroxylation is 1. The van der Waals surface area contributed by atoms with Crippen molar-refractivity contribution in [3.63, 3.8) is 0 Å². The molecule has 0 bridgehead atoms. The van der Waals surface area contributed by atoms with Gasteiger partial charge in [0.25, 0.3) is 0 Å². The molecule has 3 rings (SSSR count). The van der Waals surface area contributed by atoms with Crippen LogP contribution in [0, 0.1) is 11.8 Å². The van der Waals surface area contributed by atoms with Crippen molar-refractivity contribution >= 4 is 37.1 Å². The van der Waals surface area contributed by atoms with E-state index in [1.165, 1.54) is 37.7 Å². The zero-order valence-corrected chi connectivity index (χ0v) is 21.0. The minimum atomic E-state index is -2.59. The van der Waals surface area contributed by atoms with Gasteiger partial charge in [0.2, 0.25) is 0 Å². The molecule has 1 heterocycles. The molecular weight excluding hydrogens is 512 g/mol. The van der Waals surface area contributed by atoms with Gasteiger partial charge in [-0.3, -0.25) is 0 Å². The molecule has 1 aromatic rings. The Morgan fingerprint density at radius 3 is 2.47 bits per heavy atom. The number of carbonyl (C=O) groups is 2. The molecule has 1 N–H and O–H groups in total. The monoisotopic (exact) mass is 547 g/mol. The second kappa shape index (κ2) is 11.1. The van der Waals surface area contributed by atoms with Gasteiger partial charge in [-0.2, -0.15) is 0 Å². The van der Waals surface area contributed by atoms with Crippen LogP contribution in [0.3, 0.4) is 0 Å². The van der Waals surface area contributed by atoms with Crippen LogP contribution in [0.2, 0.25) is 0 Å². The number of carboxylic acid groups (broad SMARTS) is 1. The quantitative estimate of drug-likeness (QED) is 0.101. The SMILES string of the molecule is CP(=O)(CCCCc1ccccc1)CC(=O)N1C[C@H](C2CCCCC2)CI1C(=O)O. The Morgan fingerprint density at radius 2 is 1.80 bits per heavy atom. The van der Waals surface area contributed by atoms with Gasteiger partial charge in [0.1, 0.15) is 0 Å². The van der Waals surface area contributed by atoms with E-state index in [4.69, 9.17) is 0 Å². The van der Waals surface area contributed by atoms with Crippen LogP contribution >= 0.6 is 27.2 Å². The topological polar surface area (TPSA) is 74.7 Å². The molecule has 1 amide bonds. The molecule has 1 unspecified atom stereocenters. The molecule has 0 spiro atoms. The van der Waals surface area contributed by atoms with Gasteiger partial charge in [-0.1, -0.05) is 0 Å². The Hall–Kier alpha value is -0.880. The number of nitrogens with zero attached hydrogens (tertiary/aromatic N) is 1. The van der Waals surface area contributed by atoms with Crippen molar-refractivity contribution < 1.29 is 19.3 Å². The first kappa shape index (κ1) is 23.8. The Labute approximate surface area is 188 Å². The van der Waals surface area contributed by atoms with E-state index in [1.807, 2.05) is 18.2 Å². The maximum absolute atomic E-state index is 13.1. The van der Waals surface area contributed by atoms with E-state index >= 15 is 0 Å². The van der Waals surface area contributed by atoms with Crippen LogP contribution in [0.1, 0.15) is 50.5 Å². The van der Waals surface area contributed by atoms with Crippen LogP contribution in [0.25, 0.3) is 0 Å². The van der Waals surface area contributed by atoms with Gasteiger partial charge in [-0.05, 0) is 0 Å². The molecule has 1 aromatic carbocycles. The third kappa shape index (κ3) is 6.81. The van der Waals surface area contributed by atoms with E-state index in [0.29, 0.717) is 29.0 Å². The molecule has 1 aliphatic carbocycles. The van der Waals surface area contributed by atoms with Crippen molar-refractivity contribution in [1.82, 2.24) is 3.11 Å². The number of amides is 1. The Balaban J connectivity index is 1.50. The van der Waals surface area contributed by atoms with E-state index in [1.54, 1.807) is 9.78 Å². The maximum atomic E-state index is 13.1. The third-order valence-corrected chi connectivity index (χ3v) is 14.0. The summed E-state index contributed by atoms with van der Waals surface area (Å²) in [7, 11) is -2.59. The molecule has 0 radical (unpaired) electrons. The van der Waals surface area contributed by atoms with Crippen LogP contribution in [-0.4, -0.2) is 48.1 Å². The van der Waals surface area contributed by atoms with Crippen LogP contribution in [-0.2, 0) is 15.8 Å². The summed E-state index contributed by atoms with van der Waals surface area (Å²) >= 11 is -2.54. The number of rotatable bonds is 9. The summed E-state index contributed by atoms with van der Waals surface area (Å²) in [5.41, 5.74) is 1.28. The van der Waals surface area contributed by atoms with Crippen LogP contribution in [0.4, 0.5) is 4.79 Å². The van der Waals surface area contributed by atoms with Crippen molar-refractivity contribution in [3.05, 3.63) is 35.9 Å². The fraction of sp³-hybridized carbons (Fsp3) is 0.652. The molecule has 1 aliphatic heterocycles. The minimum absolute atomic E-state index is 0.0387. The third-order valence-electron chi connectivity index (χ3n) is 6.42. The van der Waals surface area contributed by atoms with E-state index in [2.05, 4.69) is 12.1 Å². The zero-order chi connectivity index (χ0) is 21.6. The molecule has 2 atom stereocenters. The summed E-state index contributed by atoms with van der Waals surface area (Å²) in [4.78, 5) is 24.9. The fourth-order valence-corrected chi connectivity index (χ4v) is 12.0. The van der Waals surface area contributed by atoms with Gasteiger partial charge in [-0.25, -0.2) is 0 Å². The Morgan fingerprint density at radius 1 is 1.10 bits per heavy atom. The first-order chi connectivity index (χ1) is 14.4. The molecule has 1 saturated heterocycles. The summed E-state index contributed by atoms with van der Waals surface area (Å²) in [6.07, 6.45) is 9.42. The number of carbonyl (C=O) groups excluding carboxylic acids is 1. The number of hydrogen-bond acceptors (Lipinski definition) is 3. The van der Waals surface area contributed by atoms with Gasteiger partial charge in [-0.15, -0.1) is 0 Å². The summed E-state index contributed by atoms with van der Waals surface area (Å²) in [6.45, 7) is 2.32. The molecular formula is C23H35INO4P. The van der Waals surface area contributed by atoms with Gasteiger partial charge in [0.15, 0.2) is 0 Å². The molecule has 7 heteroatoms. The molecule has 0 aromatic heterocycles. The first-order valence-electron chi connectivity index (χ1n) is 11.1. The van der Waals surface area contributed by atoms with Crippen LogP contribution in [0.15, 0.2) is 30.3 Å². The number of benzene rings is 1. The average molecular weight is 547 g/mol. The standard InChI is InChI=1S/C23H35INO4P/c1-30(29,15-9-8-12-19-10-4-2-5-11-19)18-22(26)25-17-21(16-24(25)23(27)28)20-13-6-3-7-14-20/h2,4-5,10-11,20-21H,3,6-9,12-18H2,1H3,(H,27,28)/t21-,30?/m1/s1. The summed E-state index contributed by atoms with van der Waals surface area (Å²) < 4.78 is 14.7. The van der Waals surface area contributed by atoms with Crippen molar-refractivity contribution in [1.29, 1.82) is 0 Å². The van der Waals surface area contributed by atoms with E-state index in [0.717, 1.165) is 19.3 Å². The summed E-state index contributed by atoms with van der Waals surface area (Å²) in [6, 6.07) is 10.3. The van der Waals surface area contributed by atoms with Gasteiger partial charge in [0.05, 0.1) is 0 Å². The number of halogens is 1. The van der Waals surface area contributed by atoms with Crippen molar-refractivity contribution in [2.45, 2.75) is 51.4 Å². The van der Waals surface area contributed by atoms with Crippen LogP contribution < -0.4 is 0 Å². The number of unbranched alkanes of at least 4 members (excludes halogenated alkanes) is 1. The van der Waals surface area contributed by atoms with Crippen LogP contribution in [0.5, 0.6) is 0 Å². The van der Waals surface area contributed by atoms with Crippen molar-refractivity contribution in [2.75, 3.05) is 30.0 Å². The number of alkyl halides is 1. The molecule has 2 aliphatic rings. The Bertz CT molecular complexity index is 766. The predicted octanol–water partition coefficient (Wildman–Crippen LogP) is 6.14. The molecule has 1 saturated carbocycles. The predicted molar refractivity (Wildman–Crippen MR) is 131 cm³/mol. The second-order valence-corrected chi connectivity index (χ2v) is 17.2. The van der Waals surface area contributed by atoms with E-state index < -0.39 is 31.2 Å². The summed E-state index contributed by atoms with van der Waals surface area (Å²) in [5.74, 6) is 0.759. The normalized spacial score (nSPS) is 23.3. The Kier molecular flexibility index (Phi) is 8.82. The molecule has 168 valence electrons. The first-order valence-corrected chi connectivity index (χ1v) is 17.2. The van der Waals surface area contributed by atoms with E-state index in [-0.39, 0.29) is 12.1 Å².